The molecule has 28 heavy (non-hydrogen) atoms. The predicted octanol–water partition coefficient (Wildman–Crippen LogP) is 2.00. The molecule has 2 atom stereocenters. The SMILES string of the molecule is CCOC(=O)C1=C(COCCN)NCC(C)(C(=O)OC)C1c1ccccc1Cl. The molecule has 0 bridgehead atoms. The second-order valence-corrected chi connectivity index (χ2v) is 7.08. The van der Waals surface area contributed by atoms with E-state index >= 15 is 0 Å². The minimum atomic E-state index is -1.07. The van der Waals surface area contributed by atoms with E-state index in [1.165, 1.54) is 7.11 Å². The molecule has 0 fully saturated rings. The van der Waals surface area contributed by atoms with E-state index in [0.717, 1.165) is 0 Å². The molecule has 1 aliphatic heterocycles. The molecular weight excluding hydrogens is 384 g/mol. The average Bonchev–Trinajstić information content (AvgIpc) is 2.69. The van der Waals surface area contributed by atoms with Crippen LogP contribution in [0.25, 0.3) is 0 Å². The first-order chi connectivity index (χ1) is 13.4. The second kappa shape index (κ2) is 9.91. The maximum atomic E-state index is 12.9. The zero-order chi connectivity index (χ0) is 20.7. The quantitative estimate of drug-likeness (QED) is 0.499. The van der Waals surface area contributed by atoms with Crippen molar-refractivity contribution in [3.8, 4) is 0 Å². The van der Waals surface area contributed by atoms with E-state index in [1.54, 1.807) is 32.0 Å². The van der Waals surface area contributed by atoms with Crippen molar-refractivity contribution in [1.29, 1.82) is 0 Å². The number of carbonyl (C=O) groups excluding carboxylic acids is 2. The lowest BCUT2D eigenvalue weighted by Crippen LogP contribution is -2.50. The number of carbonyl (C=O) groups is 2. The molecule has 8 heteroatoms. The molecule has 1 aliphatic rings. The summed E-state index contributed by atoms with van der Waals surface area (Å²) >= 11 is 6.46. The standard InChI is InChI=1S/C20H27ClN2O5/c1-4-28-18(24)16-15(11-27-10-9-22)23-12-20(2,19(25)26-3)17(16)13-7-5-6-8-14(13)21/h5-8,17,23H,4,9-12,22H2,1-3H3. The van der Waals surface area contributed by atoms with Crippen LogP contribution in [0.4, 0.5) is 0 Å². The Balaban J connectivity index is 2.66. The highest BCUT2D eigenvalue weighted by Gasteiger charge is 2.51. The van der Waals surface area contributed by atoms with Crippen LogP contribution in [0.2, 0.25) is 5.02 Å². The van der Waals surface area contributed by atoms with Crippen molar-refractivity contribution in [3.05, 3.63) is 46.1 Å². The molecular formula is C20H27ClN2O5. The fraction of sp³-hybridized carbons (Fsp3) is 0.500. The third-order valence-electron chi connectivity index (χ3n) is 4.79. The molecule has 2 rings (SSSR count). The zero-order valence-electron chi connectivity index (χ0n) is 16.4. The molecule has 1 heterocycles. The van der Waals surface area contributed by atoms with Gasteiger partial charge in [-0.3, -0.25) is 4.79 Å². The highest BCUT2D eigenvalue weighted by molar-refractivity contribution is 6.31. The highest BCUT2D eigenvalue weighted by atomic mass is 35.5. The van der Waals surface area contributed by atoms with Crippen molar-refractivity contribution in [3.63, 3.8) is 0 Å². The van der Waals surface area contributed by atoms with E-state index in [1.807, 2.05) is 6.07 Å². The van der Waals surface area contributed by atoms with Gasteiger partial charge in [0.25, 0.3) is 0 Å². The maximum absolute atomic E-state index is 12.9. The molecule has 2 unspecified atom stereocenters. The first-order valence-corrected chi connectivity index (χ1v) is 9.53. The van der Waals surface area contributed by atoms with E-state index in [0.29, 0.717) is 35.0 Å². The number of benzene rings is 1. The monoisotopic (exact) mass is 410 g/mol. The normalized spacial score (nSPS) is 21.8. The van der Waals surface area contributed by atoms with Gasteiger partial charge in [0.1, 0.15) is 0 Å². The Labute approximate surface area is 170 Å². The number of ether oxygens (including phenoxy) is 3. The predicted molar refractivity (Wildman–Crippen MR) is 106 cm³/mol. The Morgan fingerprint density at radius 3 is 2.68 bits per heavy atom. The molecule has 1 aromatic rings. The summed E-state index contributed by atoms with van der Waals surface area (Å²) in [6.45, 7) is 4.76. The molecule has 1 aromatic carbocycles. The summed E-state index contributed by atoms with van der Waals surface area (Å²) in [6.07, 6.45) is 0. The van der Waals surface area contributed by atoms with Crippen LogP contribution in [-0.2, 0) is 23.8 Å². The Morgan fingerprint density at radius 1 is 1.36 bits per heavy atom. The third-order valence-corrected chi connectivity index (χ3v) is 5.14. The Bertz CT molecular complexity index is 752. The van der Waals surface area contributed by atoms with Crippen LogP contribution in [0.15, 0.2) is 35.5 Å². The fourth-order valence-electron chi connectivity index (χ4n) is 3.45. The number of esters is 2. The lowest BCUT2D eigenvalue weighted by molar-refractivity contribution is -0.153. The van der Waals surface area contributed by atoms with Crippen molar-refractivity contribution >= 4 is 23.5 Å². The zero-order valence-corrected chi connectivity index (χ0v) is 17.2. The molecule has 0 saturated carbocycles. The molecule has 3 N–H and O–H groups in total. The Kier molecular flexibility index (Phi) is 7.86. The molecule has 0 saturated heterocycles. The first-order valence-electron chi connectivity index (χ1n) is 9.15. The number of nitrogens with two attached hydrogens (primary N) is 1. The molecule has 154 valence electrons. The maximum Gasteiger partial charge on any atom is 0.336 e. The van der Waals surface area contributed by atoms with Gasteiger partial charge in [-0.2, -0.15) is 0 Å². The summed E-state index contributed by atoms with van der Waals surface area (Å²) in [5, 5.41) is 3.61. The van der Waals surface area contributed by atoms with Crippen molar-refractivity contribution in [2.24, 2.45) is 11.1 Å². The van der Waals surface area contributed by atoms with Crippen LogP contribution in [-0.4, -0.2) is 52.0 Å². The minimum Gasteiger partial charge on any atom is -0.469 e. The van der Waals surface area contributed by atoms with E-state index < -0.39 is 23.3 Å². The van der Waals surface area contributed by atoms with Crippen LogP contribution in [0.3, 0.4) is 0 Å². The largest absolute Gasteiger partial charge is 0.469 e. The van der Waals surface area contributed by atoms with Crippen molar-refractivity contribution in [2.45, 2.75) is 19.8 Å². The van der Waals surface area contributed by atoms with Crippen LogP contribution in [0, 0.1) is 5.41 Å². The van der Waals surface area contributed by atoms with Crippen molar-refractivity contribution < 1.29 is 23.8 Å². The summed E-state index contributed by atoms with van der Waals surface area (Å²) < 4.78 is 15.9. The van der Waals surface area contributed by atoms with Crippen molar-refractivity contribution in [1.82, 2.24) is 5.32 Å². The summed E-state index contributed by atoms with van der Waals surface area (Å²) in [7, 11) is 1.32. The second-order valence-electron chi connectivity index (χ2n) is 6.67. The first kappa shape index (κ1) is 22.2. The summed E-state index contributed by atoms with van der Waals surface area (Å²) in [6, 6.07) is 7.14. The Hall–Kier alpha value is -2.09. The van der Waals surface area contributed by atoms with Gasteiger partial charge in [-0.1, -0.05) is 29.8 Å². The van der Waals surface area contributed by atoms with Crippen LogP contribution in [0.5, 0.6) is 0 Å². The van der Waals surface area contributed by atoms with Gasteiger partial charge in [0.15, 0.2) is 0 Å². The lowest BCUT2D eigenvalue weighted by Gasteiger charge is -2.42. The van der Waals surface area contributed by atoms with Gasteiger partial charge in [0.05, 0.1) is 37.9 Å². The number of rotatable bonds is 8. The molecule has 0 amide bonds. The van der Waals surface area contributed by atoms with Crippen LogP contribution in [0.1, 0.15) is 25.3 Å². The van der Waals surface area contributed by atoms with Gasteiger partial charge >= 0.3 is 11.9 Å². The fourth-order valence-corrected chi connectivity index (χ4v) is 3.69. The molecule has 0 aromatic heterocycles. The highest BCUT2D eigenvalue weighted by Crippen LogP contribution is 2.47. The number of hydrogen-bond acceptors (Lipinski definition) is 7. The van der Waals surface area contributed by atoms with Gasteiger partial charge in [-0.25, -0.2) is 4.79 Å². The van der Waals surface area contributed by atoms with E-state index in [9.17, 15) is 9.59 Å². The van der Waals surface area contributed by atoms with E-state index in [2.05, 4.69) is 5.32 Å². The van der Waals surface area contributed by atoms with E-state index in [4.69, 9.17) is 31.5 Å². The number of hydrogen-bond donors (Lipinski definition) is 2. The molecule has 0 radical (unpaired) electrons. The van der Waals surface area contributed by atoms with E-state index in [-0.39, 0.29) is 19.8 Å². The number of methoxy groups -OCH3 is 1. The third kappa shape index (κ3) is 4.48. The van der Waals surface area contributed by atoms with Crippen molar-refractivity contribution in [2.75, 3.05) is 40.0 Å². The van der Waals surface area contributed by atoms with Gasteiger partial charge in [0.2, 0.25) is 0 Å². The number of nitrogens with one attached hydrogen (secondary N) is 1. The molecule has 0 spiro atoms. The molecule has 7 nitrogen and oxygen atoms in total. The van der Waals surface area contributed by atoms with Gasteiger partial charge in [-0.05, 0) is 25.5 Å². The topological polar surface area (TPSA) is 99.9 Å². The van der Waals surface area contributed by atoms with Crippen LogP contribution >= 0.6 is 11.6 Å². The number of halogens is 1. The Morgan fingerprint density at radius 2 is 2.07 bits per heavy atom. The lowest BCUT2D eigenvalue weighted by atomic mass is 9.67. The molecule has 0 aliphatic carbocycles. The van der Waals surface area contributed by atoms with Crippen LogP contribution < -0.4 is 11.1 Å². The average molecular weight is 411 g/mol. The summed E-state index contributed by atoms with van der Waals surface area (Å²) in [5.41, 5.74) is 5.94. The summed E-state index contributed by atoms with van der Waals surface area (Å²) in [5.74, 6) is -1.64. The van der Waals surface area contributed by atoms with Gasteiger partial charge in [0, 0.05) is 29.7 Å². The van der Waals surface area contributed by atoms with Gasteiger partial charge in [-0.15, -0.1) is 0 Å². The smallest absolute Gasteiger partial charge is 0.336 e. The minimum absolute atomic E-state index is 0.142. The summed E-state index contributed by atoms with van der Waals surface area (Å²) in [4.78, 5) is 25.7. The van der Waals surface area contributed by atoms with Gasteiger partial charge < -0.3 is 25.3 Å².